The van der Waals surface area contributed by atoms with Crippen molar-refractivity contribution in [2.24, 2.45) is 5.92 Å². The van der Waals surface area contributed by atoms with Crippen molar-refractivity contribution in [3.8, 4) is 0 Å². The number of carboxylic acids is 1. The largest absolute Gasteiger partial charge is 0.479 e. The lowest BCUT2D eigenvalue weighted by Gasteiger charge is -2.31. The Morgan fingerprint density at radius 3 is 3.05 bits per heavy atom. The van der Waals surface area contributed by atoms with Gasteiger partial charge in [0.2, 0.25) is 0 Å². The van der Waals surface area contributed by atoms with E-state index in [1.54, 1.807) is 16.2 Å². The predicted molar refractivity (Wildman–Crippen MR) is 78.8 cm³/mol. The van der Waals surface area contributed by atoms with Crippen LogP contribution in [0.25, 0.3) is 0 Å². The number of rotatable bonds is 2. The van der Waals surface area contributed by atoms with Crippen LogP contribution in [0.4, 0.5) is 0 Å². The quantitative estimate of drug-likeness (QED) is 0.904. The Morgan fingerprint density at radius 2 is 2.29 bits per heavy atom. The number of carboxylic acid groups (broad SMARTS) is 1. The molecule has 21 heavy (non-hydrogen) atoms. The fourth-order valence-electron chi connectivity index (χ4n) is 3.01. The number of nitrogens with zero attached hydrogens (tertiary/aromatic N) is 1. The molecular weight excluding hydrogens is 290 g/mol. The van der Waals surface area contributed by atoms with Gasteiger partial charge in [0.1, 0.15) is 0 Å². The van der Waals surface area contributed by atoms with Crippen molar-refractivity contribution in [3.05, 3.63) is 21.4 Å². The van der Waals surface area contributed by atoms with Gasteiger partial charge < -0.3 is 14.7 Å². The van der Waals surface area contributed by atoms with Gasteiger partial charge in [-0.1, -0.05) is 6.92 Å². The molecule has 1 amide bonds. The monoisotopic (exact) mass is 309 g/mol. The number of carbonyl (C=O) groups excluding carboxylic acids is 1. The molecule has 0 spiro atoms. The van der Waals surface area contributed by atoms with Gasteiger partial charge in [-0.25, -0.2) is 4.79 Å². The van der Waals surface area contributed by atoms with Gasteiger partial charge in [-0.15, -0.1) is 11.3 Å². The average molecular weight is 309 g/mol. The van der Waals surface area contributed by atoms with E-state index in [4.69, 9.17) is 9.84 Å². The van der Waals surface area contributed by atoms with Gasteiger partial charge in [0.05, 0.1) is 18.7 Å². The van der Waals surface area contributed by atoms with Crippen molar-refractivity contribution < 1.29 is 19.4 Å². The number of fused-ring (bicyclic) bond motifs is 1. The summed E-state index contributed by atoms with van der Waals surface area (Å²) in [6.07, 6.45) is 2.21. The van der Waals surface area contributed by atoms with E-state index in [9.17, 15) is 9.59 Å². The van der Waals surface area contributed by atoms with Crippen LogP contribution in [0.2, 0.25) is 0 Å². The minimum atomic E-state index is -1.01. The van der Waals surface area contributed by atoms with Crippen LogP contribution in [0, 0.1) is 5.92 Å². The lowest BCUT2D eigenvalue weighted by atomic mass is 9.88. The number of amides is 1. The third-order valence-corrected chi connectivity index (χ3v) is 5.31. The van der Waals surface area contributed by atoms with E-state index in [2.05, 4.69) is 6.92 Å². The highest BCUT2D eigenvalue weighted by atomic mass is 32.1. The Labute approximate surface area is 127 Å². The van der Waals surface area contributed by atoms with Gasteiger partial charge >= 0.3 is 5.97 Å². The second-order valence-corrected chi connectivity index (χ2v) is 6.81. The molecule has 1 aliphatic carbocycles. The predicted octanol–water partition coefficient (Wildman–Crippen LogP) is 1.80. The smallest absolute Gasteiger partial charge is 0.334 e. The van der Waals surface area contributed by atoms with Crippen molar-refractivity contribution >= 4 is 23.2 Å². The topological polar surface area (TPSA) is 66.8 Å². The van der Waals surface area contributed by atoms with Crippen molar-refractivity contribution in [1.82, 2.24) is 4.90 Å². The van der Waals surface area contributed by atoms with E-state index in [1.807, 2.05) is 5.38 Å². The second-order valence-electron chi connectivity index (χ2n) is 5.85. The summed E-state index contributed by atoms with van der Waals surface area (Å²) in [6.45, 7) is 3.12. The van der Waals surface area contributed by atoms with Gasteiger partial charge in [-0.3, -0.25) is 4.79 Å². The molecule has 1 fully saturated rings. The molecule has 114 valence electrons. The number of thiophene rings is 1. The van der Waals surface area contributed by atoms with Crippen LogP contribution in [0.15, 0.2) is 5.38 Å². The first-order valence-electron chi connectivity index (χ1n) is 7.29. The maximum atomic E-state index is 12.7. The Kier molecular flexibility index (Phi) is 3.99. The summed E-state index contributed by atoms with van der Waals surface area (Å²) >= 11 is 1.66. The molecule has 5 nitrogen and oxygen atoms in total. The highest BCUT2D eigenvalue weighted by Crippen LogP contribution is 2.33. The molecule has 1 saturated heterocycles. The summed E-state index contributed by atoms with van der Waals surface area (Å²) in [5.74, 6) is -0.371. The fraction of sp³-hybridized carbons (Fsp3) is 0.600. The van der Waals surface area contributed by atoms with E-state index in [0.29, 0.717) is 12.5 Å². The molecule has 2 unspecified atom stereocenters. The summed E-state index contributed by atoms with van der Waals surface area (Å²) in [6, 6.07) is 0. The molecule has 0 radical (unpaired) electrons. The summed E-state index contributed by atoms with van der Waals surface area (Å²) in [5.41, 5.74) is 1.95. The Hall–Kier alpha value is -1.40. The van der Waals surface area contributed by atoms with Crippen LogP contribution in [-0.4, -0.2) is 47.7 Å². The number of hydrogen-bond donors (Lipinski definition) is 1. The fourth-order valence-corrected chi connectivity index (χ4v) is 4.25. The van der Waals surface area contributed by atoms with Gasteiger partial charge in [-0.2, -0.15) is 0 Å². The lowest BCUT2D eigenvalue weighted by molar-refractivity contribution is -0.154. The normalized spacial score (nSPS) is 25.5. The number of ether oxygens (including phenoxy) is 1. The Bertz CT molecular complexity index is 568. The van der Waals surface area contributed by atoms with Crippen LogP contribution in [0.3, 0.4) is 0 Å². The van der Waals surface area contributed by atoms with Crippen LogP contribution < -0.4 is 0 Å². The summed E-state index contributed by atoms with van der Waals surface area (Å²) in [5, 5.41) is 11.0. The van der Waals surface area contributed by atoms with Crippen molar-refractivity contribution in [1.29, 1.82) is 0 Å². The molecule has 0 bridgehead atoms. The van der Waals surface area contributed by atoms with Crippen molar-refractivity contribution in [3.63, 3.8) is 0 Å². The molecule has 1 aliphatic heterocycles. The minimum Gasteiger partial charge on any atom is -0.479 e. The van der Waals surface area contributed by atoms with Crippen molar-refractivity contribution in [2.75, 3.05) is 19.7 Å². The van der Waals surface area contributed by atoms with E-state index in [1.165, 1.54) is 10.4 Å². The average Bonchev–Trinajstić information content (AvgIpc) is 2.89. The molecular formula is C15H19NO4S. The van der Waals surface area contributed by atoms with E-state index in [0.717, 1.165) is 24.8 Å². The zero-order valence-corrected chi connectivity index (χ0v) is 12.8. The molecule has 0 aromatic carbocycles. The van der Waals surface area contributed by atoms with Crippen molar-refractivity contribution in [2.45, 2.75) is 32.3 Å². The first-order chi connectivity index (χ1) is 10.1. The number of aliphatic carboxylic acids is 1. The highest BCUT2D eigenvalue weighted by molar-refractivity contribution is 7.10. The number of carbonyl (C=O) groups is 2. The SMILES string of the molecule is CC1CCc2c(C(=O)N3CCOC(C(=O)O)C3)csc2C1. The molecule has 2 heterocycles. The van der Waals surface area contributed by atoms with Crippen LogP contribution in [0.1, 0.15) is 34.1 Å². The zero-order chi connectivity index (χ0) is 15.0. The Morgan fingerprint density at radius 1 is 1.48 bits per heavy atom. The third kappa shape index (κ3) is 2.82. The molecule has 6 heteroatoms. The van der Waals surface area contributed by atoms with E-state index < -0.39 is 12.1 Å². The minimum absolute atomic E-state index is 0.0448. The zero-order valence-electron chi connectivity index (χ0n) is 12.0. The standard InChI is InChI=1S/C15H19NO4S/c1-9-2-3-10-11(8-21-13(10)6-9)14(17)16-4-5-20-12(7-16)15(18)19/h8-9,12H,2-7H2,1H3,(H,18,19). The first kappa shape index (κ1) is 14.5. The Balaban J connectivity index is 1.78. The molecule has 1 aromatic rings. The molecule has 2 atom stereocenters. The second kappa shape index (κ2) is 5.77. The van der Waals surface area contributed by atoms with E-state index in [-0.39, 0.29) is 19.1 Å². The molecule has 1 N–H and O–H groups in total. The summed E-state index contributed by atoms with van der Waals surface area (Å²) < 4.78 is 5.17. The van der Waals surface area contributed by atoms with Crippen LogP contribution >= 0.6 is 11.3 Å². The lowest BCUT2D eigenvalue weighted by Crippen LogP contribution is -2.48. The highest BCUT2D eigenvalue weighted by Gasteiger charge is 2.32. The van der Waals surface area contributed by atoms with E-state index >= 15 is 0 Å². The molecule has 3 rings (SSSR count). The van der Waals surface area contributed by atoms with Gasteiger partial charge in [0.25, 0.3) is 5.91 Å². The summed E-state index contributed by atoms with van der Waals surface area (Å²) in [7, 11) is 0. The van der Waals surface area contributed by atoms with Gasteiger partial charge in [0, 0.05) is 16.8 Å². The molecule has 1 aromatic heterocycles. The third-order valence-electron chi connectivity index (χ3n) is 4.26. The molecule has 0 saturated carbocycles. The van der Waals surface area contributed by atoms with Crippen LogP contribution in [-0.2, 0) is 22.4 Å². The molecule has 2 aliphatic rings. The maximum Gasteiger partial charge on any atom is 0.334 e. The first-order valence-corrected chi connectivity index (χ1v) is 8.17. The number of hydrogen-bond acceptors (Lipinski definition) is 4. The van der Waals surface area contributed by atoms with Gasteiger partial charge in [-0.05, 0) is 30.7 Å². The number of morpholine rings is 1. The van der Waals surface area contributed by atoms with Crippen LogP contribution in [0.5, 0.6) is 0 Å². The van der Waals surface area contributed by atoms with Gasteiger partial charge in [0.15, 0.2) is 6.10 Å². The maximum absolute atomic E-state index is 12.7. The summed E-state index contributed by atoms with van der Waals surface area (Å²) in [4.78, 5) is 26.6.